The third kappa shape index (κ3) is 3.08. The van der Waals surface area contributed by atoms with Crippen LogP contribution in [0, 0.1) is 29.9 Å². The van der Waals surface area contributed by atoms with Crippen LogP contribution < -0.4 is 4.74 Å². The zero-order valence-electron chi connectivity index (χ0n) is 10.3. The van der Waals surface area contributed by atoms with Crippen molar-refractivity contribution < 1.29 is 13.5 Å². The Morgan fingerprint density at radius 1 is 1.16 bits per heavy atom. The fourth-order valence-electron chi connectivity index (χ4n) is 1.64. The second-order valence-corrected chi connectivity index (χ2v) is 4.12. The van der Waals surface area contributed by atoms with Crippen LogP contribution in [0.15, 0.2) is 36.4 Å². The molecule has 19 heavy (non-hydrogen) atoms. The minimum absolute atomic E-state index is 0.0500. The fourth-order valence-corrected chi connectivity index (χ4v) is 1.64. The topological polar surface area (TPSA) is 33.0 Å². The highest BCUT2D eigenvalue weighted by Crippen LogP contribution is 2.21. The number of nitriles is 1. The average Bonchev–Trinajstić information content (AvgIpc) is 2.41. The molecular formula is C15H11F2NO. The predicted octanol–water partition coefficient (Wildman–Crippen LogP) is 3.72. The maximum atomic E-state index is 13.5. The molecule has 96 valence electrons. The van der Waals surface area contributed by atoms with E-state index in [4.69, 9.17) is 10.00 Å². The summed E-state index contributed by atoms with van der Waals surface area (Å²) in [5, 5.41) is 8.76. The first kappa shape index (κ1) is 13.0. The molecule has 0 N–H and O–H groups in total. The zero-order valence-corrected chi connectivity index (χ0v) is 10.3. The van der Waals surface area contributed by atoms with Gasteiger partial charge in [0.05, 0.1) is 11.6 Å². The molecule has 2 nitrogen and oxygen atoms in total. The Kier molecular flexibility index (Phi) is 3.76. The normalized spacial score (nSPS) is 10.0. The van der Waals surface area contributed by atoms with Gasteiger partial charge in [-0.1, -0.05) is 6.07 Å². The van der Waals surface area contributed by atoms with Crippen LogP contribution >= 0.6 is 0 Å². The molecule has 0 aliphatic rings. The lowest BCUT2D eigenvalue weighted by molar-refractivity contribution is 0.296. The molecule has 2 aromatic carbocycles. The molecular weight excluding hydrogens is 248 g/mol. The Morgan fingerprint density at radius 3 is 2.68 bits per heavy atom. The molecule has 0 aliphatic heterocycles. The lowest BCUT2D eigenvalue weighted by atomic mass is 10.1. The number of hydrogen-bond donors (Lipinski definition) is 0. The molecule has 0 aliphatic carbocycles. The number of aryl methyl sites for hydroxylation is 1. The van der Waals surface area contributed by atoms with Crippen LogP contribution in [0.3, 0.4) is 0 Å². The zero-order chi connectivity index (χ0) is 13.8. The molecule has 0 atom stereocenters. The smallest absolute Gasteiger partial charge is 0.129 e. The van der Waals surface area contributed by atoms with Crippen LogP contribution in [-0.4, -0.2) is 0 Å². The van der Waals surface area contributed by atoms with Crippen molar-refractivity contribution in [3.05, 3.63) is 64.7 Å². The van der Waals surface area contributed by atoms with Crippen LogP contribution in [0.4, 0.5) is 8.78 Å². The molecule has 2 aromatic rings. The number of benzene rings is 2. The molecule has 2 rings (SSSR count). The monoisotopic (exact) mass is 259 g/mol. The van der Waals surface area contributed by atoms with E-state index < -0.39 is 11.6 Å². The van der Waals surface area contributed by atoms with Gasteiger partial charge < -0.3 is 4.74 Å². The van der Waals surface area contributed by atoms with Crippen molar-refractivity contribution in [3.8, 4) is 11.8 Å². The van der Waals surface area contributed by atoms with Gasteiger partial charge in [-0.15, -0.1) is 0 Å². The summed E-state index contributed by atoms with van der Waals surface area (Å²) in [6, 6.07) is 10.1. The van der Waals surface area contributed by atoms with Gasteiger partial charge >= 0.3 is 0 Å². The number of ether oxygens (including phenoxy) is 1. The molecule has 0 saturated heterocycles. The van der Waals surface area contributed by atoms with E-state index in [1.807, 2.05) is 6.07 Å². The summed E-state index contributed by atoms with van der Waals surface area (Å²) in [7, 11) is 0. The van der Waals surface area contributed by atoms with Gasteiger partial charge in [0.15, 0.2) is 0 Å². The van der Waals surface area contributed by atoms with Gasteiger partial charge in [-0.05, 0) is 36.8 Å². The summed E-state index contributed by atoms with van der Waals surface area (Å²) < 4.78 is 32.0. The van der Waals surface area contributed by atoms with Crippen molar-refractivity contribution >= 4 is 0 Å². The SMILES string of the molecule is Cc1ccc(F)cc1OCc1cc(C#N)ccc1F. The number of halogens is 2. The van der Waals surface area contributed by atoms with E-state index in [9.17, 15) is 8.78 Å². The molecule has 0 radical (unpaired) electrons. The summed E-state index contributed by atoms with van der Waals surface area (Å²) in [6.45, 7) is 1.72. The van der Waals surface area contributed by atoms with Gasteiger partial charge in [0.1, 0.15) is 24.0 Å². The maximum Gasteiger partial charge on any atom is 0.129 e. The summed E-state index contributed by atoms with van der Waals surface area (Å²) in [5.41, 5.74) is 1.39. The van der Waals surface area contributed by atoms with Crippen molar-refractivity contribution in [1.29, 1.82) is 5.26 Å². The second kappa shape index (κ2) is 5.49. The van der Waals surface area contributed by atoms with Crippen molar-refractivity contribution in [2.45, 2.75) is 13.5 Å². The first-order valence-electron chi connectivity index (χ1n) is 5.67. The molecule has 0 amide bonds. The molecule has 0 unspecified atom stereocenters. The van der Waals surface area contributed by atoms with E-state index >= 15 is 0 Å². The highest BCUT2D eigenvalue weighted by atomic mass is 19.1. The Balaban J connectivity index is 2.19. The van der Waals surface area contributed by atoms with Crippen LogP contribution in [0.2, 0.25) is 0 Å². The molecule has 0 fully saturated rings. The van der Waals surface area contributed by atoms with Crippen molar-refractivity contribution in [1.82, 2.24) is 0 Å². The standard InChI is InChI=1S/C15H11F2NO/c1-10-2-4-13(16)7-15(10)19-9-12-6-11(8-18)3-5-14(12)17/h2-7H,9H2,1H3. The van der Waals surface area contributed by atoms with Crippen molar-refractivity contribution in [2.75, 3.05) is 0 Å². The molecule has 0 bridgehead atoms. The third-order valence-electron chi connectivity index (χ3n) is 2.71. The summed E-state index contributed by atoms with van der Waals surface area (Å²) in [6.07, 6.45) is 0. The van der Waals surface area contributed by atoms with Gasteiger partial charge in [-0.3, -0.25) is 0 Å². The van der Waals surface area contributed by atoms with Crippen LogP contribution in [-0.2, 0) is 6.61 Å². The minimum atomic E-state index is -0.451. The van der Waals surface area contributed by atoms with Gasteiger partial charge in [-0.2, -0.15) is 5.26 Å². The van der Waals surface area contributed by atoms with Gasteiger partial charge in [0.25, 0.3) is 0 Å². The van der Waals surface area contributed by atoms with Gasteiger partial charge in [-0.25, -0.2) is 8.78 Å². The van der Waals surface area contributed by atoms with E-state index in [0.29, 0.717) is 11.3 Å². The minimum Gasteiger partial charge on any atom is -0.488 e. The molecule has 0 aromatic heterocycles. The first-order chi connectivity index (χ1) is 9.10. The Morgan fingerprint density at radius 2 is 1.95 bits per heavy atom. The van der Waals surface area contributed by atoms with Gasteiger partial charge in [0, 0.05) is 11.6 Å². The van der Waals surface area contributed by atoms with Crippen molar-refractivity contribution in [2.24, 2.45) is 0 Å². The quantitative estimate of drug-likeness (QED) is 0.841. The Labute approximate surface area is 109 Å². The summed E-state index contributed by atoms with van der Waals surface area (Å²) >= 11 is 0. The summed E-state index contributed by atoms with van der Waals surface area (Å²) in [4.78, 5) is 0. The first-order valence-corrected chi connectivity index (χ1v) is 5.67. The maximum absolute atomic E-state index is 13.5. The highest BCUT2D eigenvalue weighted by Gasteiger charge is 2.07. The van der Waals surface area contributed by atoms with Gasteiger partial charge in [0.2, 0.25) is 0 Å². The van der Waals surface area contributed by atoms with E-state index in [1.165, 1.54) is 30.3 Å². The fraction of sp³-hybridized carbons (Fsp3) is 0.133. The van der Waals surface area contributed by atoms with E-state index in [0.717, 1.165) is 5.56 Å². The highest BCUT2D eigenvalue weighted by molar-refractivity contribution is 5.35. The lowest BCUT2D eigenvalue weighted by Gasteiger charge is -2.10. The average molecular weight is 259 g/mol. The molecule has 0 heterocycles. The predicted molar refractivity (Wildman–Crippen MR) is 66.6 cm³/mol. The largest absolute Gasteiger partial charge is 0.488 e. The van der Waals surface area contributed by atoms with E-state index in [1.54, 1.807) is 13.0 Å². The lowest BCUT2D eigenvalue weighted by Crippen LogP contribution is -2.00. The Bertz CT molecular complexity index is 647. The second-order valence-electron chi connectivity index (χ2n) is 4.12. The Hall–Kier alpha value is -2.41. The van der Waals surface area contributed by atoms with E-state index in [2.05, 4.69) is 0 Å². The van der Waals surface area contributed by atoms with Crippen molar-refractivity contribution in [3.63, 3.8) is 0 Å². The van der Waals surface area contributed by atoms with Crippen LogP contribution in [0.1, 0.15) is 16.7 Å². The van der Waals surface area contributed by atoms with Crippen LogP contribution in [0.25, 0.3) is 0 Å². The third-order valence-corrected chi connectivity index (χ3v) is 2.71. The number of rotatable bonds is 3. The molecule has 4 heteroatoms. The molecule has 0 saturated carbocycles. The number of nitrogens with zero attached hydrogens (tertiary/aromatic N) is 1. The van der Waals surface area contributed by atoms with Crippen LogP contribution in [0.5, 0.6) is 5.75 Å². The van der Waals surface area contributed by atoms with E-state index in [-0.39, 0.29) is 12.2 Å². The number of hydrogen-bond acceptors (Lipinski definition) is 2. The summed E-state index contributed by atoms with van der Waals surface area (Å²) in [5.74, 6) is -0.498. The molecule has 0 spiro atoms.